The maximum absolute atomic E-state index is 13.3. The monoisotopic (exact) mass is 486 g/mol. The third kappa shape index (κ3) is 6.21. The van der Waals surface area contributed by atoms with Crippen LogP contribution >= 0.6 is 24.0 Å². The summed E-state index contributed by atoms with van der Waals surface area (Å²) >= 11 is 0. The number of hydrogen-bond donors (Lipinski definition) is 2. The second-order valence-corrected chi connectivity index (χ2v) is 6.64. The first-order valence-electron chi connectivity index (χ1n) is 9.15. The summed E-state index contributed by atoms with van der Waals surface area (Å²) in [5.41, 5.74) is 0.880. The van der Waals surface area contributed by atoms with E-state index in [2.05, 4.69) is 26.6 Å². The number of aliphatic imine (C=N–C) groups is 1. The van der Waals surface area contributed by atoms with Gasteiger partial charge in [-0.2, -0.15) is 0 Å². The van der Waals surface area contributed by atoms with E-state index in [1.165, 1.54) is 25.0 Å². The Morgan fingerprint density at radius 2 is 2.00 bits per heavy atom. The molecule has 1 aromatic heterocycles. The van der Waals surface area contributed by atoms with Crippen LogP contribution in [0.4, 0.5) is 4.39 Å². The molecule has 0 radical (unpaired) electrons. The molecule has 1 unspecified atom stereocenters. The van der Waals surface area contributed by atoms with Gasteiger partial charge in [-0.05, 0) is 62.7 Å². The van der Waals surface area contributed by atoms with Gasteiger partial charge in [0.25, 0.3) is 0 Å². The molecule has 7 heteroatoms. The van der Waals surface area contributed by atoms with Crippen LogP contribution in [0.1, 0.15) is 36.0 Å². The molecule has 2 heterocycles. The summed E-state index contributed by atoms with van der Waals surface area (Å²) in [5, 5.41) is 6.62. The van der Waals surface area contributed by atoms with E-state index in [9.17, 15) is 4.39 Å². The van der Waals surface area contributed by atoms with Gasteiger partial charge in [-0.1, -0.05) is 12.1 Å². The van der Waals surface area contributed by atoms with Crippen molar-refractivity contribution in [3.63, 3.8) is 0 Å². The number of nitrogens with one attached hydrogen (secondary N) is 2. The molecule has 3 rings (SSSR count). The highest BCUT2D eigenvalue weighted by atomic mass is 127. The number of hydrogen-bond acceptors (Lipinski definition) is 3. The average Bonchev–Trinajstić information content (AvgIpc) is 3.30. The lowest BCUT2D eigenvalue weighted by molar-refractivity contribution is 0.213. The van der Waals surface area contributed by atoms with Crippen LogP contribution in [0.15, 0.2) is 45.8 Å². The van der Waals surface area contributed by atoms with Crippen LogP contribution in [0.3, 0.4) is 0 Å². The van der Waals surface area contributed by atoms with Gasteiger partial charge in [-0.15, -0.1) is 24.0 Å². The third-order valence-corrected chi connectivity index (χ3v) is 4.71. The van der Waals surface area contributed by atoms with Gasteiger partial charge in [0.05, 0.1) is 6.04 Å². The predicted molar refractivity (Wildman–Crippen MR) is 117 cm³/mol. The van der Waals surface area contributed by atoms with Crippen molar-refractivity contribution in [2.24, 2.45) is 4.99 Å². The number of halogens is 2. The van der Waals surface area contributed by atoms with Gasteiger partial charge in [0.1, 0.15) is 17.3 Å². The van der Waals surface area contributed by atoms with E-state index >= 15 is 0 Å². The minimum absolute atomic E-state index is 0. The Kier molecular flexibility index (Phi) is 8.56. The van der Waals surface area contributed by atoms with Crippen LogP contribution < -0.4 is 10.6 Å². The zero-order valence-electron chi connectivity index (χ0n) is 15.9. The van der Waals surface area contributed by atoms with Gasteiger partial charge in [0.2, 0.25) is 0 Å². The Bertz CT molecular complexity index is 743. The molecule has 0 saturated carbocycles. The number of benzene rings is 1. The normalized spacial score (nSPS) is 16.0. The summed E-state index contributed by atoms with van der Waals surface area (Å²) in [6.45, 7) is 5.36. The maximum Gasteiger partial charge on any atom is 0.191 e. The molecule has 2 N–H and O–H groups in total. The summed E-state index contributed by atoms with van der Waals surface area (Å²) < 4.78 is 19.2. The van der Waals surface area contributed by atoms with Gasteiger partial charge < -0.3 is 15.1 Å². The second-order valence-electron chi connectivity index (χ2n) is 6.64. The van der Waals surface area contributed by atoms with E-state index in [1.807, 2.05) is 19.1 Å². The third-order valence-electron chi connectivity index (χ3n) is 4.71. The average molecular weight is 486 g/mol. The quantitative estimate of drug-likeness (QED) is 0.370. The minimum atomic E-state index is -0.227. The molecular weight excluding hydrogens is 458 g/mol. The molecule has 0 aliphatic carbocycles. The molecule has 1 aromatic carbocycles. The highest BCUT2D eigenvalue weighted by Crippen LogP contribution is 2.26. The lowest BCUT2D eigenvalue weighted by atomic mass is 10.2. The summed E-state index contributed by atoms with van der Waals surface area (Å²) in [7, 11) is 1.74. The fourth-order valence-corrected chi connectivity index (χ4v) is 3.34. The second kappa shape index (κ2) is 10.7. The van der Waals surface area contributed by atoms with E-state index in [4.69, 9.17) is 4.42 Å². The predicted octanol–water partition coefficient (Wildman–Crippen LogP) is 3.85. The van der Waals surface area contributed by atoms with E-state index in [1.54, 1.807) is 13.1 Å². The summed E-state index contributed by atoms with van der Waals surface area (Å²) in [6.07, 6.45) is 2.45. The van der Waals surface area contributed by atoms with E-state index in [-0.39, 0.29) is 35.8 Å². The summed E-state index contributed by atoms with van der Waals surface area (Å²) in [6, 6.07) is 10.8. The summed E-state index contributed by atoms with van der Waals surface area (Å²) in [4.78, 5) is 6.72. The van der Waals surface area contributed by atoms with Crippen molar-refractivity contribution in [3.8, 4) is 0 Å². The molecule has 1 fully saturated rings. The van der Waals surface area contributed by atoms with Crippen LogP contribution in [0.25, 0.3) is 0 Å². The molecule has 27 heavy (non-hydrogen) atoms. The molecule has 1 saturated heterocycles. The molecule has 0 amide bonds. The van der Waals surface area contributed by atoms with Gasteiger partial charge in [-0.3, -0.25) is 9.89 Å². The van der Waals surface area contributed by atoms with Crippen molar-refractivity contribution >= 4 is 29.9 Å². The molecular formula is C20H28FIN4O. The fourth-order valence-electron chi connectivity index (χ4n) is 3.34. The highest BCUT2D eigenvalue weighted by molar-refractivity contribution is 14.0. The Morgan fingerprint density at radius 1 is 1.22 bits per heavy atom. The molecule has 0 bridgehead atoms. The zero-order valence-corrected chi connectivity index (χ0v) is 18.2. The molecule has 1 aliphatic heterocycles. The largest absolute Gasteiger partial charge is 0.465 e. The fraction of sp³-hybridized carbons (Fsp3) is 0.450. The van der Waals surface area contributed by atoms with Crippen LogP contribution in [-0.4, -0.2) is 37.5 Å². The van der Waals surface area contributed by atoms with E-state index in [0.29, 0.717) is 19.0 Å². The SMILES string of the molecule is CN=C(NCc1cccc(F)c1)NCC(c1ccc(C)o1)N1CCCC1.I. The van der Waals surface area contributed by atoms with Gasteiger partial charge in [0.15, 0.2) is 5.96 Å². The number of furan rings is 1. The van der Waals surface area contributed by atoms with Crippen molar-refractivity contribution in [3.05, 3.63) is 59.3 Å². The van der Waals surface area contributed by atoms with Crippen molar-refractivity contribution < 1.29 is 8.81 Å². The Labute approximate surface area is 177 Å². The molecule has 148 valence electrons. The van der Waals surface area contributed by atoms with Crippen LogP contribution in [-0.2, 0) is 6.54 Å². The van der Waals surface area contributed by atoms with Crippen LogP contribution in [0.5, 0.6) is 0 Å². The van der Waals surface area contributed by atoms with E-state index in [0.717, 1.165) is 30.2 Å². The molecule has 1 aliphatic rings. The van der Waals surface area contributed by atoms with Gasteiger partial charge in [0, 0.05) is 20.1 Å². The van der Waals surface area contributed by atoms with Crippen LogP contribution in [0.2, 0.25) is 0 Å². The molecule has 1 atom stereocenters. The van der Waals surface area contributed by atoms with Crippen molar-refractivity contribution in [2.45, 2.75) is 32.4 Å². The standard InChI is InChI=1S/C20H27FN4O.HI/c1-15-8-9-19(26-15)18(25-10-3-4-11-25)14-24-20(22-2)23-13-16-6-5-7-17(21)12-16;/h5-9,12,18H,3-4,10-11,13-14H2,1-2H3,(H2,22,23,24);1H. The maximum atomic E-state index is 13.3. The van der Waals surface area contributed by atoms with Crippen molar-refractivity contribution in [2.75, 3.05) is 26.7 Å². The van der Waals surface area contributed by atoms with Gasteiger partial charge >= 0.3 is 0 Å². The van der Waals surface area contributed by atoms with Crippen molar-refractivity contribution in [1.82, 2.24) is 15.5 Å². The smallest absolute Gasteiger partial charge is 0.191 e. The highest BCUT2D eigenvalue weighted by Gasteiger charge is 2.26. The van der Waals surface area contributed by atoms with E-state index < -0.39 is 0 Å². The molecule has 2 aromatic rings. The first kappa shape index (κ1) is 21.7. The van der Waals surface area contributed by atoms with Crippen LogP contribution in [0, 0.1) is 12.7 Å². The topological polar surface area (TPSA) is 52.8 Å². The Balaban J connectivity index is 0.00000261. The number of aryl methyl sites for hydroxylation is 1. The number of rotatable bonds is 6. The first-order chi connectivity index (χ1) is 12.7. The summed E-state index contributed by atoms with van der Waals surface area (Å²) in [5.74, 6) is 2.38. The number of nitrogens with zero attached hydrogens (tertiary/aromatic N) is 2. The first-order valence-corrected chi connectivity index (χ1v) is 9.15. The molecule has 0 spiro atoms. The van der Waals surface area contributed by atoms with Crippen molar-refractivity contribution in [1.29, 1.82) is 0 Å². The number of guanidine groups is 1. The number of likely N-dealkylation sites (tertiary alicyclic amines) is 1. The zero-order chi connectivity index (χ0) is 18.4. The Hall–Kier alpha value is -1.61. The minimum Gasteiger partial charge on any atom is -0.465 e. The van der Waals surface area contributed by atoms with Gasteiger partial charge in [-0.25, -0.2) is 4.39 Å². The molecule has 5 nitrogen and oxygen atoms in total. The Morgan fingerprint density at radius 3 is 2.63 bits per heavy atom. The lowest BCUT2D eigenvalue weighted by Crippen LogP contribution is -2.42. The lowest BCUT2D eigenvalue weighted by Gasteiger charge is -2.26.